The molecule has 0 heterocycles. The number of hydrogen-bond acceptors (Lipinski definition) is 4. The molecular weight excluding hydrogens is 328 g/mol. The second-order valence-electron chi connectivity index (χ2n) is 5.51. The average molecular weight is 356 g/mol. The number of benzene rings is 1. The van der Waals surface area contributed by atoms with E-state index in [1.165, 1.54) is 5.56 Å². The van der Waals surface area contributed by atoms with Crippen LogP contribution in [0.4, 0.5) is 0 Å². The summed E-state index contributed by atoms with van der Waals surface area (Å²) in [7, 11) is 0.258. The molecule has 0 saturated heterocycles. The number of rotatable bonds is 9. The van der Waals surface area contributed by atoms with Crippen LogP contribution in [0, 0.1) is 6.92 Å². The van der Waals surface area contributed by atoms with Gasteiger partial charge in [0.1, 0.15) is 5.75 Å². The summed E-state index contributed by atoms with van der Waals surface area (Å²) in [6.45, 7) is 3.82. The smallest absolute Gasteiger partial charge is 0.208 e. The number of hydrogen-bond donors (Lipinski definition) is 3. The van der Waals surface area contributed by atoms with Gasteiger partial charge in [-0.3, -0.25) is 4.99 Å². The number of sulfonamides is 1. The number of methoxy groups -OCH3 is 1. The van der Waals surface area contributed by atoms with Crippen LogP contribution in [0.25, 0.3) is 0 Å². The number of aliphatic imine (C=N–C) groups is 1. The third-order valence-electron chi connectivity index (χ3n) is 3.36. The summed E-state index contributed by atoms with van der Waals surface area (Å²) < 4.78 is 29.7. The zero-order valence-corrected chi connectivity index (χ0v) is 15.7. The Morgan fingerprint density at radius 3 is 2.54 bits per heavy atom. The molecule has 0 bridgehead atoms. The Bertz CT molecular complexity index is 645. The van der Waals surface area contributed by atoms with Crippen molar-refractivity contribution in [1.82, 2.24) is 15.4 Å². The largest absolute Gasteiger partial charge is 0.496 e. The van der Waals surface area contributed by atoms with Gasteiger partial charge in [0.2, 0.25) is 10.0 Å². The third-order valence-corrected chi connectivity index (χ3v) is 4.09. The van der Waals surface area contributed by atoms with E-state index in [2.05, 4.69) is 33.3 Å². The van der Waals surface area contributed by atoms with Gasteiger partial charge in [-0.05, 0) is 31.4 Å². The molecule has 1 aromatic carbocycles. The zero-order chi connectivity index (χ0) is 18.0. The topological polar surface area (TPSA) is 91.8 Å². The number of ether oxygens (including phenoxy) is 1. The summed E-state index contributed by atoms with van der Waals surface area (Å²) >= 11 is 0. The highest BCUT2D eigenvalue weighted by molar-refractivity contribution is 7.88. The number of aryl methyl sites for hydroxylation is 1. The van der Waals surface area contributed by atoms with Crippen molar-refractivity contribution in [3.8, 4) is 5.75 Å². The van der Waals surface area contributed by atoms with E-state index in [0.717, 1.165) is 30.5 Å². The summed E-state index contributed by atoms with van der Waals surface area (Å²) in [4.78, 5) is 4.15. The van der Waals surface area contributed by atoms with Crippen LogP contribution in [-0.2, 0) is 16.4 Å². The van der Waals surface area contributed by atoms with Crippen molar-refractivity contribution in [1.29, 1.82) is 0 Å². The molecule has 136 valence electrons. The first-order chi connectivity index (χ1) is 11.4. The fourth-order valence-electron chi connectivity index (χ4n) is 2.19. The Morgan fingerprint density at radius 2 is 1.92 bits per heavy atom. The lowest BCUT2D eigenvalue weighted by molar-refractivity contribution is 0.409. The quantitative estimate of drug-likeness (QED) is 0.343. The van der Waals surface area contributed by atoms with Crippen LogP contribution >= 0.6 is 0 Å². The molecule has 24 heavy (non-hydrogen) atoms. The highest BCUT2D eigenvalue weighted by atomic mass is 32.2. The van der Waals surface area contributed by atoms with Crippen LogP contribution < -0.4 is 20.1 Å². The van der Waals surface area contributed by atoms with E-state index in [-0.39, 0.29) is 0 Å². The number of nitrogens with one attached hydrogen (secondary N) is 3. The molecule has 0 atom stereocenters. The van der Waals surface area contributed by atoms with E-state index in [4.69, 9.17) is 4.74 Å². The van der Waals surface area contributed by atoms with Crippen LogP contribution in [0.1, 0.15) is 17.5 Å². The Balaban J connectivity index is 2.33. The standard InChI is InChI=1S/C16H28N4O3S/c1-13-6-7-15(23-3)14(12-13)8-11-19-16(17-2)18-9-5-10-20-24(4,21)22/h6-7,12,20H,5,8-11H2,1-4H3,(H2,17,18,19). The lowest BCUT2D eigenvalue weighted by atomic mass is 10.1. The third kappa shape index (κ3) is 8.16. The highest BCUT2D eigenvalue weighted by Gasteiger charge is 2.04. The van der Waals surface area contributed by atoms with Crippen molar-refractivity contribution >= 4 is 16.0 Å². The maximum atomic E-state index is 11.0. The fourth-order valence-corrected chi connectivity index (χ4v) is 2.71. The molecule has 7 nitrogen and oxygen atoms in total. The monoisotopic (exact) mass is 356 g/mol. The van der Waals surface area contributed by atoms with Crippen LogP contribution in [0.5, 0.6) is 5.75 Å². The van der Waals surface area contributed by atoms with E-state index >= 15 is 0 Å². The fraction of sp³-hybridized carbons (Fsp3) is 0.562. The zero-order valence-electron chi connectivity index (χ0n) is 14.8. The minimum Gasteiger partial charge on any atom is -0.496 e. The molecule has 0 unspecified atom stereocenters. The summed E-state index contributed by atoms with van der Waals surface area (Å²) in [5, 5.41) is 6.40. The molecule has 0 radical (unpaired) electrons. The second kappa shape index (κ2) is 10.1. The molecule has 0 saturated carbocycles. The summed E-state index contributed by atoms with van der Waals surface area (Å²) in [5.41, 5.74) is 2.35. The molecule has 0 aliphatic rings. The maximum absolute atomic E-state index is 11.0. The molecule has 0 fully saturated rings. The van der Waals surface area contributed by atoms with E-state index in [0.29, 0.717) is 25.5 Å². The van der Waals surface area contributed by atoms with Crippen LogP contribution in [0.15, 0.2) is 23.2 Å². The molecule has 0 aliphatic carbocycles. The SMILES string of the molecule is CN=C(NCCCNS(C)(=O)=O)NCCc1cc(C)ccc1OC. The van der Waals surface area contributed by atoms with E-state index in [9.17, 15) is 8.42 Å². The molecule has 0 spiro atoms. The summed E-state index contributed by atoms with van der Waals surface area (Å²) in [5.74, 6) is 1.58. The van der Waals surface area contributed by atoms with Gasteiger partial charge in [0.25, 0.3) is 0 Å². The molecule has 0 aliphatic heterocycles. The van der Waals surface area contributed by atoms with Gasteiger partial charge in [0, 0.05) is 26.7 Å². The van der Waals surface area contributed by atoms with Gasteiger partial charge >= 0.3 is 0 Å². The van der Waals surface area contributed by atoms with E-state index in [1.54, 1.807) is 14.2 Å². The number of guanidine groups is 1. The predicted octanol–water partition coefficient (Wildman–Crippen LogP) is 0.650. The molecular formula is C16H28N4O3S. The van der Waals surface area contributed by atoms with Crippen molar-refractivity contribution in [2.45, 2.75) is 19.8 Å². The van der Waals surface area contributed by atoms with Gasteiger partial charge in [-0.15, -0.1) is 0 Å². The molecule has 0 aromatic heterocycles. The van der Waals surface area contributed by atoms with Gasteiger partial charge in [-0.1, -0.05) is 17.7 Å². The van der Waals surface area contributed by atoms with Gasteiger partial charge in [-0.2, -0.15) is 0 Å². The first-order valence-corrected chi connectivity index (χ1v) is 9.77. The van der Waals surface area contributed by atoms with Gasteiger partial charge in [0.15, 0.2) is 5.96 Å². The summed E-state index contributed by atoms with van der Waals surface area (Å²) in [6.07, 6.45) is 2.65. The average Bonchev–Trinajstić information content (AvgIpc) is 2.52. The maximum Gasteiger partial charge on any atom is 0.208 e. The van der Waals surface area contributed by atoms with Gasteiger partial charge in [-0.25, -0.2) is 13.1 Å². The lowest BCUT2D eigenvalue weighted by Crippen LogP contribution is -2.39. The summed E-state index contributed by atoms with van der Waals surface area (Å²) in [6, 6.07) is 6.13. The highest BCUT2D eigenvalue weighted by Crippen LogP contribution is 2.19. The Morgan fingerprint density at radius 1 is 1.21 bits per heavy atom. The van der Waals surface area contributed by atoms with Gasteiger partial charge in [0.05, 0.1) is 13.4 Å². The van der Waals surface area contributed by atoms with Gasteiger partial charge < -0.3 is 15.4 Å². The van der Waals surface area contributed by atoms with Crippen LogP contribution in [0.3, 0.4) is 0 Å². The Hall–Kier alpha value is -1.80. The van der Waals surface area contributed by atoms with E-state index < -0.39 is 10.0 Å². The minimum atomic E-state index is -3.12. The first kappa shape index (κ1) is 20.2. The van der Waals surface area contributed by atoms with E-state index in [1.807, 2.05) is 12.1 Å². The van der Waals surface area contributed by atoms with Crippen molar-refractivity contribution in [2.75, 3.05) is 40.0 Å². The molecule has 8 heteroatoms. The normalized spacial score (nSPS) is 12.1. The van der Waals surface area contributed by atoms with Crippen molar-refractivity contribution in [2.24, 2.45) is 4.99 Å². The predicted molar refractivity (Wildman–Crippen MR) is 98.3 cm³/mol. The second-order valence-corrected chi connectivity index (χ2v) is 7.34. The van der Waals surface area contributed by atoms with Crippen LogP contribution in [0.2, 0.25) is 0 Å². The Kier molecular flexibility index (Phi) is 8.56. The first-order valence-electron chi connectivity index (χ1n) is 7.88. The van der Waals surface area contributed by atoms with Crippen molar-refractivity contribution in [3.05, 3.63) is 29.3 Å². The van der Waals surface area contributed by atoms with Crippen molar-refractivity contribution < 1.29 is 13.2 Å². The molecule has 1 aromatic rings. The lowest BCUT2D eigenvalue weighted by Gasteiger charge is -2.13. The number of nitrogens with zero attached hydrogens (tertiary/aromatic N) is 1. The molecule has 3 N–H and O–H groups in total. The molecule has 1 rings (SSSR count). The minimum absolute atomic E-state index is 0.406. The van der Waals surface area contributed by atoms with Crippen molar-refractivity contribution in [3.63, 3.8) is 0 Å². The molecule has 0 amide bonds. The van der Waals surface area contributed by atoms with Crippen LogP contribution in [-0.4, -0.2) is 54.4 Å². The Labute approximate surface area is 145 Å².